The Kier molecular flexibility index (Phi) is 23.2. The molecule has 0 aromatic rings. The molecule has 360 valence electrons. The maximum atomic E-state index is 13.3. The van der Waals surface area contributed by atoms with Crippen LogP contribution in [0.15, 0.2) is 0 Å². The van der Waals surface area contributed by atoms with Gasteiger partial charge in [-0.05, 0) is 17.8 Å². The molecule has 29 heteroatoms. The molecule has 0 aromatic carbocycles. The fourth-order valence-corrected chi connectivity index (χ4v) is 5.18. The summed E-state index contributed by atoms with van der Waals surface area (Å²) in [6.45, 7) is 2.88. The zero-order valence-electron chi connectivity index (χ0n) is 30.1. The molecule has 0 atom stereocenters. The van der Waals surface area contributed by atoms with Crippen LogP contribution in [0.4, 0.5) is 127 Å². The molecule has 0 saturated heterocycles. The molecule has 0 nitrogen and oxygen atoms in total. The maximum Gasteiger partial charge on any atom is 0.453 e. The minimum Gasteiger partial charge on any atom is -0.207 e. The van der Waals surface area contributed by atoms with Gasteiger partial charge in [-0.25, -0.2) is 17.6 Å². The Labute approximate surface area is 316 Å². The van der Waals surface area contributed by atoms with Gasteiger partial charge in [0.2, 0.25) is 0 Å². The van der Waals surface area contributed by atoms with E-state index in [4.69, 9.17) is 0 Å². The van der Waals surface area contributed by atoms with Crippen LogP contribution in [0.2, 0.25) is 0 Å². The Bertz CT molecular complexity index is 1030. The highest BCUT2D eigenvalue weighted by molar-refractivity contribution is 4.85. The van der Waals surface area contributed by atoms with Crippen molar-refractivity contribution < 1.29 is 127 Å². The van der Waals surface area contributed by atoms with Crippen molar-refractivity contribution in [3.05, 3.63) is 0 Å². The molecule has 0 saturated carbocycles. The zero-order valence-corrected chi connectivity index (χ0v) is 30.1. The van der Waals surface area contributed by atoms with Gasteiger partial charge in [0.05, 0.1) is 0 Å². The van der Waals surface area contributed by atoms with E-state index in [9.17, 15) is 127 Å². The second-order valence-electron chi connectivity index (χ2n) is 13.5. The average molecular weight is 949 g/mol. The van der Waals surface area contributed by atoms with E-state index in [1.165, 1.54) is 6.92 Å². The summed E-state index contributed by atoms with van der Waals surface area (Å²) in [5.41, 5.74) is 0. The van der Waals surface area contributed by atoms with Crippen molar-refractivity contribution >= 4 is 0 Å². The van der Waals surface area contributed by atoms with Gasteiger partial charge in [-0.2, -0.15) is 110 Å². The molecular weight excluding hydrogens is 911 g/mol. The molecule has 0 aliphatic carbocycles. The molecule has 0 N–H and O–H groups in total. The molecule has 0 amide bonds. The van der Waals surface area contributed by atoms with E-state index in [1.54, 1.807) is 6.92 Å². The third-order valence-corrected chi connectivity index (χ3v) is 7.24. The first-order chi connectivity index (χ1) is 25.5. The lowest BCUT2D eigenvalue weighted by Crippen LogP contribution is -2.42. The van der Waals surface area contributed by atoms with Crippen molar-refractivity contribution in [1.82, 2.24) is 0 Å². The van der Waals surface area contributed by atoms with Crippen molar-refractivity contribution in [2.45, 2.75) is 171 Å². The van der Waals surface area contributed by atoms with Crippen LogP contribution in [-0.4, -0.2) is 66.9 Å². The largest absolute Gasteiger partial charge is 0.453 e. The normalized spacial score (nSPS) is 14.7. The lowest BCUT2D eigenvalue weighted by molar-refractivity contribution is -0.302. The van der Waals surface area contributed by atoms with E-state index in [0.29, 0.717) is 6.42 Å². The molecule has 0 unspecified atom stereocenters. The first-order valence-corrected chi connectivity index (χ1v) is 16.5. The molecule has 0 bridgehead atoms. The molecule has 0 spiro atoms. The van der Waals surface area contributed by atoms with Crippen LogP contribution in [0, 0.1) is 17.8 Å². The summed E-state index contributed by atoms with van der Waals surface area (Å²) in [7, 11) is 0. The van der Waals surface area contributed by atoms with E-state index in [-0.39, 0.29) is 19.3 Å². The smallest absolute Gasteiger partial charge is 0.207 e. The quantitative estimate of drug-likeness (QED) is 0.120. The van der Waals surface area contributed by atoms with E-state index >= 15 is 0 Å². The minimum absolute atomic E-state index is 0.0907. The van der Waals surface area contributed by atoms with Crippen molar-refractivity contribution in [3.8, 4) is 0 Å². The standard InChI is InChI=1S/C13H18F10.C10H12F10.C7H7F9/c1-2-3-4-9(5-10(14,15)7-12(18,19)20)6-11(16,17)8-13(21,22)23;1-2-3-6(4-7(11,12)9(15,16)17)5-8(13,14)10(18,19)20;8-5(9,10)1-4(2-6(11,12)13)3-7(14,15)16/h9H,2-8H2,1H3;6H,2-5H2,1H3;4H,1-3H2. The lowest BCUT2D eigenvalue weighted by atomic mass is 9.87. The number of unbranched alkanes of at least 4 members (excludes halogenated alkanes) is 1. The highest BCUT2D eigenvalue weighted by Gasteiger charge is 2.62. The van der Waals surface area contributed by atoms with Crippen LogP contribution in [0.25, 0.3) is 0 Å². The summed E-state index contributed by atoms with van der Waals surface area (Å²) in [6, 6.07) is 0. The third-order valence-electron chi connectivity index (χ3n) is 7.24. The Morgan fingerprint density at radius 1 is 0.288 bits per heavy atom. The Morgan fingerprint density at radius 3 is 0.763 bits per heavy atom. The summed E-state index contributed by atoms with van der Waals surface area (Å²) in [5.74, 6) is -25.4. The van der Waals surface area contributed by atoms with Gasteiger partial charge in [0, 0.05) is 44.9 Å². The van der Waals surface area contributed by atoms with Crippen LogP contribution in [-0.2, 0) is 0 Å². The number of alkyl halides is 29. The number of halogens is 29. The van der Waals surface area contributed by atoms with E-state index in [1.807, 2.05) is 0 Å². The molecule has 0 fully saturated rings. The van der Waals surface area contributed by atoms with Crippen molar-refractivity contribution in [3.63, 3.8) is 0 Å². The maximum absolute atomic E-state index is 13.3. The number of hydrogen-bond donors (Lipinski definition) is 0. The fourth-order valence-electron chi connectivity index (χ4n) is 5.18. The summed E-state index contributed by atoms with van der Waals surface area (Å²) in [5, 5.41) is 0. The Morgan fingerprint density at radius 2 is 0.559 bits per heavy atom. The predicted molar refractivity (Wildman–Crippen MR) is 149 cm³/mol. The van der Waals surface area contributed by atoms with E-state index in [0.717, 1.165) is 0 Å². The number of rotatable bonds is 18. The molecule has 0 rings (SSSR count). The van der Waals surface area contributed by atoms with Gasteiger partial charge in [0.15, 0.2) is 0 Å². The van der Waals surface area contributed by atoms with Gasteiger partial charge in [0.1, 0.15) is 12.8 Å². The second-order valence-corrected chi connectivity index (χ2v) is 13.5. The predicted octanol–water partition coefficient (Wildman–Crippen LogP) is 16.8. The Hall–Kier alpha value is -2.03. The molecule has 0 aliphatic heterocycles. The zero-order chi connectivity index (χ0) is 48.1. The van der Waals surface area contributed by atoms with Gasteiger partial charge in [0.25, 0.3) is 11.8 Å². The number of hydrogen-bond acceptors (Lipinski definition) is 0. The molecule has 59 heavy (non-hydrogen) atoms. The molecule has 0 aliphatic rings. The lowest BCUT2D eigenvalue weighted by Gasteiger charge is -2.28. The Balaban J connectivity index is -0.000000810. The third kappa shape index (κ3) is 33.3. The average Bonchev–Trinajstić information content (AvgIpc) is 2.84. The molecular formula is C30H37F29. The van der Waals surface area contributed by atoms with Gasteiger partial charge in [-0.3, -0.25) is 0 Å². The molecule has 0 aromatic heterocycles. The first-order valence-electron chi connectivity index (χ1n) is 16.5. The van der Waals surface area contributed by atoms with Crippen LogP contribution in [0.3, 0.4) is 0 Å². The van der Waals surface area contributed by atoms with Crippen molar-refractivity contribution in [2.75, 3.05) is 0 Å². The van der Waals surface area contributed by atoms with E-state index < -0.39 is 149 Å². The van der Waals surface area contributed by atoms with Crippen LogP contribution < -0.4 is 0 Å². The molecule has 0 radical (unpaired) electrons. The monoisotopic (exact) mass is 948 g/mol. The van der Waals surface area contributed by atoms with E-state index in [2.05, 4.69) is 0 Å². The fraction of sp³-hybridized carbons (Fsp3) is 1.00. The van der Waals surface area contributed by atoms with Gasteiger partial charge < -0.3 is 0 Å². The van der Waals surface area contributed by atoms with Crippen molar-refractivity contribution in [2.24, 2.45) is 17.8 Å². The van der Waals surface area contributed by atoms with Crippen LogP contribution >= 0.6 is 0 Å². The van der Waals surface area contributed by atoms with Gasteiger partial charge in [-0.15, -0.1) is 0 Å². The summed E-state index contributed by atoms with van der Waals surface area (Å²) >= 11 is 0. The first kappa shape index (κ1) is 61.3. The topological polar surface area (TPSA) is 0 Å². The van der Waals surface area contributed by atoms with Gasteiger partial charge in [-0.1, -0.05) is 46.0 Å². The van der Waals surface area contributed by atoms with Crippen molar-refractivity contribution in [1.29, 1.82) is 0 Å². The summed E-state index contributed by atoms with van der Waals surface area (Å²) in [6.07, 6.45) is -56.3. The van der Waals surface area contributed by atoms with Crippen LogP contribution in [0.1, 0.15) is 104 Å². The highest BCUT2D eigenvalue weighted by Crippen LogP contribution is 2.47. The van der Waals surface area contributed by atoms with Gasteiger partial charge >= 0.3 is 55.1 Å². The SMILES string of the molecule is CCCC(CC(F)(F)C(F)(F)F)CC(F)(F)C(F)(F)F.CCCCC(CC(F)(F)CC(F)(F)F)CC(F)(F)CC(F)(F)F.FC(F)(F)CC(CC(F)(F)F)CC(F)(F)F. The molecule has 0 heterocycles. The minimum atomic E-state index is -5.98. The second kappa shape index (κ2) is 22.4. The van der Waals surface area contributed by atoms with Crippen LogP contribution in [0.5, 0.6) is 0 Å². The summed E-state index contributed by atoms with van der Waals surface area (Å²) < 4.78 is 354. The summed E-state index contributed by atoms with van der Waals surface area (Å²) in [4.78, 5) is 0. The highest BCUT2D eigenvalue weighted by atomic mass is 19.4.